The SMILES string of the molecule is c1ccc(OC(Oc2ccccc2)c2cccc3cocc23)cc1. The Morgan fingerprint density at radius 2 is 1.25 bits per heavy atom. The molecule has 0 saturated heterocycles. The maximum absolute atomic E-state index is 6.12. The van der Waals surface area contributed by atoms with Gasteiger partial charge in [0.05, 0.1) is 12.5 Å². The van der Waals surface area contributed by atoms with Crippen molar-refractivity contribution in [1.82, 2.24) is 0 Å². The molecule has 0 aliphatic carbocycles. The molecule has 0 unspecified atom stereocenters. The zero-order chi connectivity index (χ0) is 16.2. The minimum absolute atomic E-state index is 0.573. The number of benzene rings is 3. The number of hydrogen-bond acceptors (Lipinski definition) is 3. The Hall–Kier alpha value is -3.20. The summed E-state index contributed by atoms with van der Waals surface area (Å²) in [4.78, 5) is 0. The second-order valence-electron chi connectivity index (χ2n) is 5.42. The predicted molar refractivity (Wildman–Crippen MR) is 93.1 cm³/mol. The van der Waals surface area contributed by atoms with Crippen molar-refractivity contribution >= 4 is 10.8 Å². The third-order valence-corrected chi connectivity index (χ3v) is 3.78. The number of ether oxygens (including phenoxy) is 2. The molecule has 1 heterocycles. The first kappa shape index (κ1) is 14.4. The van der Waals surface area contributed by atoms with E-state index in [1.165, 1.54) is 0 Å². The highest BCUT2D eigenvalue weighted by molar-refractivity contribution is 5.84. The molecule has 118 valence electrons. The topological polar surface area (TPSA) is 31.6 Å². The monoisotopic (exact) mass is 316 g/mol. The Labute approximate surface area is 140 Å². The molecular weight excluding hydrogens is 300 g/mol. The molecule has 0 saturated carbocycles. The van der Waals surface area contributed by atoms with Gasteiger partial charge in [-0.3, -0.25) is 0 Å². The number of fused-ring (bicyclic) bond motifs is 1. The van der Waals surface area contributed by atoms with Gasteiger partial charge in [-0.1, -0.05) is 54.6 Å². The molecule has 4 rings (SSSR count). The van der Waals surface area contributed by atoms with E-state index in [1.54, 1.807) is 12.5 Å². The van der Waals surface area contributed by atoms with Crippen LogP contribution in [0.25, 0.3) is 10.8 Å². The van der Waals surface area contributed by atoms with Crippen LogP contribution in [0.3, 0.4) is 0 Å². The predicted octanol–water partition coefficient (Wildman–Crippen LogP) is 5.59. The van der Waals surface area contributed by atoms with Gasteiger partial charge >= 0.3 is 0 Å². The first-order chi connectivity index (χ1) is 11.9. The number of furan rings is 1. The summed E-state index contributed by atoms with van der Waals surface area (Å²) >= 11 is 0. The van der Waals surface area contributed by atoms with Crippen molar-refractivity contribution in [1.29, 1.82) is 0 Å². The summed E-state index contributed by atoms with van der Waals surface area (Å²) in [6, 6.07) is 25.3. The summed E-state index contributed by atoms with van der Waals surface area (Å²) in [6.07, 6.45) is 2.87. The Morgan fingerprint density at radius 1 is 0.625 bits per heavy atom. The lowest BCUT2D eigenvalue weighted by Gasteiger charge is -2.21. The Kier molecular flexibility index (Phi) is 3.90. The lowest BCUT2D eigenvalue weighted by Crippen LogP contribution is -2.15. The van der Waals surface area contributed by atoms with Crippen LogP contribution in [-0.2, 0) is 0 Å². The normalized spacial score (nSPS) is 10.9. The average Bonchev–Trinajstić information content (AvgIpc) is 3.12. The van der Waals surface area contributed by atoms with E-state index in [-0.39, 0.29) is 0 Å². The summed E-state index contributed by atoms with van der Waals surface area (Å²) in [5.74, 6) is 1.50. The van der Waals surface area contributed by atoms with Crippen molar-refractivity contribution in [3.63, 3.8) is 0 Å². The van der Waals surface area contributed by atoms with Gasteiger partial charge in [0.2, 0.25) is 0 Å². The highest BCUT2D eigenvalue weighted by atomic mass is 16.7. The lowest BCUT2D eigenvalue weighted by atomic mass is 10.1. The molecule has 0 atom stereocenters. The van der Waals surface area contributed by atoms with Crippen LogP contribution in [0.1, 0.15) is 11.9 Å². The van der Waals surface area contributed by atoms with Gasteiger partial charge in [0.1, 0.15) is 11.5 Å². The van der Waals surface area contributed by atoms with Gasteiger partial charge in [0.25, 0.3) is 6.29 Å². The summed E-state index contributed by atoms with van der Waals surface area (Å²) in [5.41, 5.74) is 0.925. The highest BCUT2D eigenvalue weighted by Crippen LogP contribution is 2.31. The van der Waals surface area contributed by atoms with Gasteiger partial charge in [-0.05, 0) is 24.3 Å². The zero-order valence-electron chi connectivity index (χ0n) is 13.0. The molecule has 1 aromatic heterocycles. The minimum Gasteiger partial charge on any atom is -0.471 e. The maximum atomic E-state index is 6.12. The van der Waals surface area contributed by atoms with Crippen LogP contribution in [0.4, 0.5) is 0 Å². The van der Waals surface area contributed by atoms with E-state index < -0.39 is 6.29 Å². The molecule has 0 fully saturated rings. The van der Waals surface area contributed by atoms with E-state index in [0.29, 0.717) is 0 Å². The van der Waals surface area contributed by atoms with Crippen LogP contribution in [-0.4, -0.2) is 0 Å². The van der Waals surface area contributed by atoms with Crippen LogP contribution in [0.15, 0.2) is 95.8 Å². The summed E-state index contributed by atoms with van der Waals surface area (Å²) < 4.78 is 17.6. The van der Waals surface area contributed by atoms with E-state index in [1.807, 2.05) is 78.9 Å². The molecule has 0 aliphatic rings. The van der Waals surface area contributed by atoms with Crippen LogP contribution in [0.2, 0.25) is 0 Å². The van der Waals surface area contributed by atoms with E-state index in [9.17, 15) is 0 Å². The fourth-order valence-electron chi connectivity index (χ4n) is 2.62. The van der Waals surface area contributed by atoms with Gasteiger partial charge in [-0.2, -0.15) is 0 Å². The first-order valence-corrected chi connectivity index (χ1v) is 7.78. The Morgan fingerprint density at radius 3 is 1.88 bits per heavy atom. The average molecular weight is 316 g/mol. The summed E-state index contributed by atoms with van der Waals surface area (Å²) in [7, 11) is 0. The van der Waals surface area contributed by atoms with Crippen molar-refractivity contribution in [2.24, 2.45) is 0 Å². The molecule has 3 aromatic carbocycles. The molecule has 0 radical (unpaired) electrons. The first-order valence-electron chi connectivity index (χ1n) is 7.78. The summed E-state index contributed by atoms with van der Waals surface area (Å²) in [6.45, 7) is 0. The van der Waals surface area contributed by atoms with Crippen LogP contribution < -0.4 is 9.47 Å². The Bertz CT molecular complexity index is 872. The van der Waals surface area contributed by atoms with Crippen molar-refractivity contribution in [2.75, 3.05) is 0 Å². The second kappa shape index (κ2) is 6.50. The van der Waals surface area contributed by atoms with Crippen molar-refractivity contribution in [2.45, 2.75) is 6.29 Å². The lowest BCUT2D eigenvalue weighted by molar-refractivity contribution is 0.00500. The molecule has 3 nitrogen and oxygen atoms in total. The molecule has 0 spiro atoms. The third-order valence-electron chi connectivity index (χ3n) is 3.78. The van der Waals surface area contributed by atoms with Crippen molar-refractivity contribution in [3.8, 4) is 11.5 Å². The fraction of sp³-hybridized carbons (Fsp3) is 0.0476. The molecule has 0 N–H and O–H groups in total. The number of hydrogen-bond donors (Lipinski definition) is 0. The number of para-hydroxylation sites is 2. The van der Waals surface area contributed by atoms with Gasteiger partial charge in [-0.25, -0.2) is 0 Å². The molecule has 0 bridgehead atoms. The fourth-order valence-corrected chi connectivity index (χ4v) is 2.62. The van der Waals surface area contributed by atoms with Gasteiger partial charge in [0.15, 0.2) is 0 Å². The minimum atomic E-state index is -0.573. The second-order valence-corrected chi connectivity index (χ2v) is 5.42. The highest BCUT2D eigenvalue weighted by Gasteiger charge is 2.19. The standard InChI is InChI=1S/C21H16O3/c1-3-9-17(10-4-1)23-21(24-18-11-5-2-6-12-18)19-13-7-8-16-14-22-15-20(16)19/h1-15,21H. The van der Waals surface area contributed by atoms with Crippen LogP contribution in [0, 0.1) is 0 Å². The smallest absolute Gasteiger partial charge is 0.268 e. The molecule has 4 aromatic rings. The largest absolute Gasteiger partial charge is 0.471 e. The molecule has 3 heteroatoms. The molecular formula is C21H16O3. The quantitative estimate of drug-likeness (QED) is 0.450. The maximum Gasteiger partial charge on any atom is 0.268 e. The van der Waals surface area contributed by atoms with E-state index >= 15 is 0 Å². The van der Waals surface area contributed by atoms with E-state index in [2.05, 4.69) is 0 Å². The van der Waals surface area contributed by atoms with Crippen LogP contribution in [0.5, 0.6) is 11.5 Å². The Balaban J connectivity index is 1.73. The molecule has 0 aliphatic heterocycles. The van der Waals surface area contributed by atoms with Gasteiger partial charge in [0, 0.05) is 16.3 Å². The van der Waals surface area contributed by atoms with Crippen molar-refractivity contribution < 1.29 is 13.9 Å². The van der Waals surface area contributed by atoms with E-state index in [4.69, 9.17) is 13.9 Å². The van der Waals surface area contributed by atoms with Crippen molar-refractivity contribution in [3.05, 3.63) is 97.0 Å². The summed E-state index contributed by atoms with van der Waals surface area (Å²) in [5, 5.41) is 2.00. The third kappa shape index (κ3) is 2.97. The van der Waals surface area contributed by atoms with Crippen LogP contribution >= 0.6 is 0 Å². The number of rotatable bonds is 5. The zero-order valence-corrected chi connectivity index (χ0v) is 13.0. The molecule has 24 heavy (non-hydrogen) atoms. The van der Waals surface area contributed by atoms with Gasteiger partial charge < -0.3 is 13.9 Å². The van der Waals surface area contributed by atoms with Gasteiger partial charge in [-0.15, -0.1) is 0 Å². The van der Waals surface area contributed by atoms with E-state index in [0.717, 1.165) is 27.8 Å². The molecule has 0 amide bonds.